The van der Waals surface area contributed by atoms with Gasteiger partial charge in [0.05, 0.1) is 16.8 Å². The summed E-state index contributed by atoms with van der Waals surface area (Å²) in [5, 5.41) is 10.8. The normalized spacial score (nSPS) is 25.6. The fraction of sp³-hybridized carbons (Fsp3) is 0.500. The van der Waals surface area contributed by atoms with E-state index in [1.807, 2.05) is 18.2 Å². The summed E-state index contributed by atoms with van der Waals surface area (Å²) in [5.41, 5.74) is 6.27. The summed E-state index contributed by atoms with van der Waals surface area (Å²) in [4.78, 5) is 1.09. The van der Waals surface area contributed by atoms with Gasteiger partial charge in [-0.15, -0.1) is 11.8 Å². The average molecular weight is 258 g/mol. The predicted octanol–water partition coefficient (Wildman–Crippen LogP) is 3.32. The molecule has 0 aliphatic heterocycles. The molecule has 0 amide bonds. The Balaban J connectivity index is 2.05. The van der Waals surface area contributed by atoms with Crippen molar-refractivity contribution in [1.82, 2.24) is 0 Å². The van der Waals surface area contributed by atoms with Crippen molar-refractivity contribution < 1.29 is 5.11 Å². The van der Waals surface area contributed by atoms with E-state index < -0.39 is 0 Å². The van der Waals surface area contributed by atoms with Crippen molar-refractivity contribution in [2.24, 2.45) is 0 Å². The SMILES string of the molecule is Nc1ccc(SC2CCCCC2O)cc1Cl. The zero-order valence-electron chi connectivity index (χ0n) is 9.03. The third-order valence-corrected chi connectivity index (χ3v) is 4.63. The van der Waals surface area contributed by atoms with Crippen molar-refractivity contribution >= 4 is 29.1 Å². The summed E-state index contributed by atoms with van der Waals surface area (Å²) in [5.74, 6) is 0. The van der Waals surface area contributed by atoms with Gasteiger partial charge in [0.25, 0.3) is 0 Å². The molecule has 2 unspecified atom stereocenters. The Hall–Kier alpha value is -0.380. The molecule has 0 bridgehead atoms. The van der Waals surface area contributed by atoms with Crippen LogP contribution in [0.2, 0.25) is 5.02 Å². The van der Waals surface area contributed by atoms with Crippen molar-refractivity contribution in [1.29, 1.82) is 0 Å². The molecule has 1 aliphatic rings. The van der Waals surface area contributed by atoms with E-state index >= 15 is 0 Å². The van der Waals surface area contributed by atoms with Gasteiger partial charge >= 0.3 is 0 Å². The second-order valence-corrected chi connectivity index (χ2v) is 5.91. The number of nitrogens with two attached hydrogens (primary N) is 1. The van der Waals surface area contributed by atoms with Crippen LogP contribution in [-0.2, 0) is 0 Å². The van der Waals surface area contributed by atoms with Crippen molar-refractivity contribution in [2.45, 2.75) is 41.9 Å². The monoisotopic (exact) mass is 257 g/mol. The first-order valence-corrected chi connectivity index (χ1v) is 6.82. The number of thioether (sulfide) groups is 1. The number of hydrogen-bond acceptors (Lipinski definition) is 3. The first kappa shape index (κ1) is 12.1. The van der Waals surface area contributed by atoms with Crippen LogP contribution in [0.15, 0.2) is 23.1 Å². The number of rotatable bonds is 2. The second-order valence-electron chi connectivity index (χ2n) is 4.19. The molecule has 16 heavy (non-hydrogen) atoms. The first-order valence-electron chi connectivity index (χ1n) is 5.56. The number of nitrogen functional groups attached to an aromatic ring is 1. The Bertz CT molecular complexity index is 372. The van der Waals surface area contributed by atoms with E-state index in [1.165, 1.54) is 6.42 Å². The maximum Gasteiger partial charge on any atom is 0.0662 e. The van der Waals surface area contributed by atoms with Crippen molar-refractivity contribution in [3.63, 3.8) is 0 Å². The van der Waals surface area contributed by atoms with Gasteiger partial charge in [0.1, 0.15) is 0 Å². The smallest absolute Gasteiger partial charge is 0.0662 e. The van der Waals surface area contributed by atoms with E-state index in [9.17, 15) is 5.11 Å². The lowest BCUT2D eigenvalue weighted by molar-refractivity contribution is 0.137. The van der Waals surface area contributed by atoms with E-state index in [0.29, 0.717) is 16.0 Å². The molecule has 1 aliphatic carbocycles. The molecular weight excluding hydrogens is 242 g/mol. The van der Waals surface area contributed by atoms with E-state index in [4.69, 9.17) is 17.3 Å². The summed E-state index contributed by atoms with van der Waals surface area (Å²) in [7, 11) is 0. The van der Waals surface area contributed by atoms with Crippen LogP contribution in [0.5, 0.6) is 0 Å². The minimum absolute atomic E-state index is 0.185. The highest BCUT2D eigenvalue weighted by molar-refractivity contribution is 8.00. The highest BCUT2D eigenvalue weighted by atomic mass is 35.5. The van der Waals surface area contributed by atoms with E-state index in [-0.39, 0.29) is 6.10 Å². The van der Waals surface area contributed by atoms with Crippen LogP contribution in [0.4, 0.5) is 5.69 Å². The second kappa shape index (κ2) is 5.30. The number of hydrogen-bond donors (Lipinski definition) is 2. The van der Waals surface area contributed by atoms with Gasteiger partial charge in [-0.05, 0) is 31.0 Å². The minimum Gasteiger partial charge on any atom is -0.398 e. The van der Waals surface area contributed by atoms with Gasteiger partial charge in [-0.1, -0.05) is 24.4 Å². The standard InChI is InChI=1S/C12H16ClNOS/c13-9-7-8(5-6-10(9)14)16-12-4-2-1-3-11(12)15/h5-7,11-12,15H,1-4,14H2. The molecule has 1 saturated carbocycles. The quantitative estimate of drug-likeness (QED) is 0.799. The number of anilines is 1. The first-order chi connectivity index (χ1) is 7.66. The minimum atomic E-state index is -0.185. The van der Waals surface area contributed by atoms with Crippen LogP contribution in [-0.4, -0.2) is 16.5 Å². The fourth-order valence-electron chi connectivity index (χ4n) is 1.97. The predicted molar refractivity (Wildman–Crippen MR) is 70.0 cm³/mol. The van der Waals surface area contributed by atoms with Gasteiger partial charge in [0.2, 0.25) is 0 Å². The molecule has 1 aromatic carbocycles. The molecule has 0 saturated heterocycles. The Morgan fingerprint density at radius 1 is 1.31 bits per heavy atom. The molecule has 0 heterocycles. The van der Waals surface area contributed by atoms with Crippen molar-refractivity contribution in [2.75, 3.05) is 5.73 Å². The summed E-state index contributed by atoms with van der Waals surface area (Å²) < 4.78 is 0. The van der Waals surface area contributed by atoms with Crippen LogP contribution in [0.1, 0.15) is 25.7 Å². The van der Waals surface area contributed by atoms with E-state index in [0.717, 1.165) is 24.2 Å². The number of aliphatic hydroxyl groups excluding tert-OH is 1. The Kier molecular flexibility index (Phi) is 4.00. The largest absolute Gasteiger partial charge is 0.398 e. The van der Waals surface area contributed by atoms with Crippen LogP contribution < -0.4 is 5.73 Å². The third kappa shape index (κ3) is 2.84. The van der Waals surface area contributed by atoms with Gasteiger partial charge in [0.15, 0.2) is 0 Å². The van der Waals surface area contributed by atoms with Crippen molar-refractivity contribution in [3.05, 3.63) is 23.2 Å². The molecule has 1 fully saturated rings. The molecule has 2 rings (SSSR count). The third-order valence-electron chi connectivity index (χ3n) is 2.93. The number of halogens is 1. The van der Waals surface area contributed by atoms with Gasteiger partial charge in [-0.2, -0.15) is 0 Å². The molecule has 4 heteroatoms. The Morgan fingerprint density at radius 3 is 2.75 bits per heavy atom. The van der Waals surface area contributed by atoms with Crippen molar-refractivity contribution in [3.8, 4) is 0 Å². The van der Waals surface area contributed by atoms with E-state index in [1.54, 1.807) is 11.8 Å². The summed E-state index contributed by atoms with van der Waals surface area (Å²) in [6.07, 6.45) is 4.15. The number of aliphatic hydroxyl groups is 1. The van der Waals surface area contributed by atoms with Crippen LogP contribution in [0.3, 0.4) is 0 Å². The summed E-state index contributed by atoms with van der Waals surface area (Å²) >= 11 is 7.67. The molecule has 88 valence electrons. The molecule has 2 atom stereocenters. The molecule has 1 aromatic rings. The topological polar surface area (TPSA) is 46.2 Å². The lowest BCUT2D eigenvalue weighted by atomic mass is 9.97. The van der Waals surface area contributed by atoms with Gasteiger partial charge in [0, 0.05) is 10.1 Å². The maximum atomic E-state index is 9.88. The summed E-state index contributed by atoms with van der Waals surface area (Å²) in [6, 6.07) is 5.66. The lowest BCUT2D eigenvalue weighted by Gasteiger charge is -2.27. The van der Waals surface area contributed by atoms with Crippen LogP contribution in [0, 0.1) is 0 Å². The maximum absolute atomic E-state index is 9.88. The lowest BCUT2D eigenvalue weighted by Crippen LogP contribution is -2.26. The molecular formula is C12H16ClNOS. The Labute approximate surface area is 105 Å². The molecule has 2 nitrogen and oxygen atoms in total. The van der Waals surface area contributed by atoms with Crippen LogP contribution >= 0.6 is 23.4 Å². The highest BCUT2D eigenvalue weighted by Crippen LogP contribution is 2.35. The molecule has 0 spiro atoms. The zero-order valence-corrected chi connectivity index (χ0v) is 10.6. The fourth-order valence-corrected chi connectivity index (χ4v) is 3.48. The van der Waals surface area contributed by atoms with E-state index in [2.05, 4.69) is 0 Å². The average Bonchev–Trinajstić information content (AvgIpc) is 2.27. The number of benzene rings is 1. The zero-order chi connectivity index (χ0) is 11.5. The van der Waals surface area contributed by atoms with Gasteiger partial charge in [-0.25, -0.2) is 0 Å². The van der Waals surface area contributed by atoms with Gasteiger partial charge in [-0.3, -0.25) is 0 Å². The summed E-state index contributed by atoms with van der Waals surface area (Å²) in [6.45, 7) is 0. The Morgan fingerprint density at radius 2 is 2.06 bits per heavy atom. The van der Waals surface area contributed by atoms with Gasteiger partial charge < -0.3 is 10.8 Å². The molecule has 0 aromatic heterocycles. The molecule has 0 radical (unpaired) electrons. The molecule has 3 N–H and O–H groups in total. The highest BCUT2D eigenvalue weighted by Gasteiger charge is 2.23. The van der Waals surface area contributed by atoms with Crippen LogP contribution in [0.25, 0.3) is 0 Å².